The summed E-state index contributed by atoms with van der Waals surface area (Å²) >= 11 is 5.82. The van der Waals surface area contributed by atoms with Gasteiger partial charge in [-0.15, -0.1) is 0 Å². The van der Waals surface area contributed by atoms with Gasteiger partial charge in [0.15, 0.2) is 0 Å². The fraction of sp³-hybridized carbons (Fsp3) is 0.235. The number of urea groups is 1. The van der Waals surface area contributed by atoms with Crippen LogP contribution >= 0.6 is 11.6 Å². The molecule has 1 atom stereocenters. The highest BCUT2D eigenvalue weighted by Crippen LogP contribution is 2.18. The van der Waals surface area contributed by atoms with Gasteiger partial charge in [-0.2, -0.15) is 0 Å². The third kappa shape index (κ3) is 4.50. The van der Waals surface area contributed by atoms with E-state index in [9.17, 15) is 4.79 Å². The minimum atomic E-state index is -0.218. The van der Waals surface area contributed by atoms with E-state index in [0.29, 0.717) is 5.02 Å². The van der Waals surface area contributed by atoms with Gasteiger partial charge in [0, 0.05) is 10.7 Å². The zero-order valence-corrected chi connectivity index (χ0v) is 12.9. The summed E-state index contributed by atoms with van der Waals surface area (Å²) in [7, 11) is 0. The van der Waals surface area contributed by atoms with Crippen LogP contribution in [0.15, 0.2) is 48.5 Å². The van der Waals surface area contributed by atoms with E-state index in [4.69, 9.17) is 11.6 Å². The number of benzene rings is 2. The second kappa shape index (κ2) is 7.14. The first-order chi connectivity index (χ1) is 10.1. The molecule has 21 heavy (non-hydrogen) atoms. The lowest BCUT2D eigenvalue weighted by atomic mass is 10.0. The highest BCUT2D eigenvalue weighted by atomic mass is 35.5. The third-order valence-electron chi connectivity index (χ3n) is 3.30. The first-order valence-corrected chi connectivity index (χ1v) is 7.36. The van der Waals surface area contributed by atoms with Gasteiger partial charge in [0.05, 0.1) is 6.04 Å². The van der Waals surface area contributed by atoms with Crippen LogP contribution in [-0.2, 0) is 0 Å². The second-order valence-electron chi connectivity index (χ2n) is 4.98. The van der Waals surface area contributed by atoms with Crippen LogP contribution in [0.25, 0.3) is 0 Å². The summed E-state index contributed by atoms with van der Waals surface area (Å²) in [6, 6.07) is 15.0. The van der Waals surface area contributed by atoms with Crippen molar-refractivity contribution in [3.8, 4) is 0 Å². The number of carbonyl (C=O) groups excluding carboxylic acids is 1. The van der Waals surface area contributed by atoms with E-state index in [1.165, 1.54) is 5.56 Å². The predicted molar refractivity (Wildman–Crippen MR) is 87.8 cm³/mol. The molecule has 0 aliphatic carbocycles. The molecular formula is C17H19ClN2O. The molecular weight excluding hydrogens is 284 g/mol. The lowest BCUT2D eigenvalue weighted by Crippen LogP contribution is -2.32. The molecule has 2 N–H and O–H groups in total. The molecule has 4 heteroatoms. The number of carbonyl (C=O) groups is 1. The number of rotatable bonds is 4. The Kier molecular flexibility index (Phi) is 5.23. The monoisotopic (exact) mass is 302 g/mol. The first-order valence-electron chi connectivity index (χ1n) is 6.98. The molecule has 0 saturated heterocycles. The van der Waals surface area contributed by atoms with Crippen molar-refractivity contribution in [1.29, 1.82) is 0 Å². The Labute approximate surface area is 130 Å². The van der Waals surface area contributed by atoms with E-state index in [2.05, 4.69) is 22.8 Å². The molecule has 0 fully saturated rings. The number of aryl methyl sites for hydroxylation is 1. The van der Waals surface area contributed by atoms with Crippen LogP contribution in [0.2, 0.25) is 5.02 Å². The molecule has 2 rings (SSSR count). The van der Waals surface area contributed by atoms with E-state index in [1.54, 1.807) is 24.3 Å². The van der Waals surface area contributed by atoms with Gasteiger partial charge in [-0.25, -0.2) is 4.79 Å². The van der Waals surface area contributed by atoms with Crippen molar-refractivity contribution in [2.24, 2.45) is 0 Å². The van der Waals surface area contributed by atoms with Crippen molar-refractivity contribution in [3.63, 3.8) is 0 Å². The number of hydrogen-bond acceptors (Lipinski definition) is 1. The minimum absolute atomic E-state index is 0.00194. The van der Waals surface area contributed by atoms with Crippen LogP contribution < -0.4 is 10.6 Å². The number of nitrogens with one attached hydrogen (secondary N) is 2. The van der Waals surface area contributed by atoms with E-state index < -0.39 is 0 Å². The lowest BCUT2D eigenvalue weighted by molar-refractivity contribution is 0.248. The normalized spacial score (nSPS) is 11.8. The molecule has 0 bridgehead atoms. The Morgan fingerprint density at radius 3 is 2.29 bits per heavy atom. The summed E-state index contributed by atoms with van der Waals surface area (Å²) in [5.74, 6) is 0. The molecule has 0 unspecified atom stereocenters. The number of anilines is 1. The van der Waals surface area contributed by atoms with E-state index in [-0.39, 0.29) is 12.1 Å². The second-order valence-corrected chi connectivity index (χ2v) is 5.41. The molecule has 0 spiro atoms. The van der Waals surface area contributed by atoms with Crippen molar-refractivity contribution in [2.75, 3.05) is 5.32 Å². The van der Waals surface area contributed by atoms with Gasteiger partial charge in [0.1, 0.15) is 0 Å². The lowest BCUT2D eigenvalue weighted by Gasteiger charge is -2.18. The maximum absolute atomic E-state index is 12.1. The molecule has 0 aromatic heterocycles. The standard InChI is InChI=1S/C17H19ClN2O/c1-3-16(13-6-4-12(2)5-7-13)20-17(21)19-15-10-8-14(18)9-11-15/h4-11,16H,3H2,1-2H3,(H2,19,20,21)/t16-/m0/s1. The van der Waals surface area contributed by atoms with Crippen LogP contribution in [0.5, 0.6) is 0 Å². The quantitative estimate of drug-likeness (QED) is 0.827. The van der Waals surface area contributed by atoms with Crippen molar-refractivity contribution in [1.82, 2.24) is 5.32 Å². The zero-order valence-electron chi connectivity index (χ0n) is 12.2. The summed E-state index contributed by atoms with van der Waals surface area (Å²) < 4.78 is 0. The molecule has 110 valence electrons. The molecule has 0 heterocycles. The molecule has 0 aliphatic rings. The number of amides is 2. The SMILES string of the molecule is CC[C@H](NC(=O)Nc1ccc(Cl)cc1)c1ccc(C)cc1. The fourth-order valence-corrected chi connectivity index (χ4v) is 2.20. The van der Waals surface area contributed by atoms with Gasteiger partial charge in [0.25, 0.3) is 0 Å². The summed E-state index contributed by atoms with van der Waals surface area (Å²) in [4.78, 5) is 12.1. The van der Waals surface area contributed by atoms with Gasteiger partial charge in [0.2, 0.25) is 0 Å². The molecule has 3 nitrogen and oxygen atoms in total. The van der Waals surface area contributed by atoms with Crippen molar-refractivity contribution < 1.29 is 4.79 Å². The van der Waals surface area contributed by atoms with Gasteiger partial charge >= 0.3 is 6.03 Å². The van der Waals surface area contributed by atoms with Crippen molar-refractivity contribution in [2.45, 2.75) is 26.3 Å². The maximum atomic E-state index is 12.1. The van der Waals surface area contributed by atoms with E-state index in [0.717, 1.165) is 17.7 Å². The smallest absolute Gasteiger partial charge is 0.319 e. The topological polar surface area (TPSA) is 41.1 Å². The summed E-state index contributed by atoms with van der Waals surface area (Å²) in [6.07, 6.45) is 0.830. The Hall–Kier alpha value is -2.00. The predicted octanol–water partition coefficient (Wildman–Crippen LogP) is 4.92. The Morgan fingerprint density at radius 2 is 1.71 bits per heavy atom. The molecule has 2 amide bonds. The van der Waals surface area contributed by atoms with Crippen molar-refractivity contribution in [3.05, 3.63) is 64.7 Å². The minimum Gasteiger partial charge on any atom is -0.331 e. The van der Waals surface area contributed by atoms with Crippen LogP contribution in [-0.4, -0.2) is 6.03 Å². The Balaban J connectivity index is 1.99. The van der Waals surface area contributed by atoms with Crippen LogP contribution in [0.1, 0.15) is 30.5 Å². The average Bonchev–Trinajstić information content (AvgIpc) is 2.48. The highest BCUT2D eigenvalue weighted by Gasteiger charge is 2.12. The zero-order chi connectivity index (χ0) is 15.2. The third-order valence-corrected chi connectivity index (χ3v) is 3.55. The van der Waals surface area contributed by atoms with Crippen LogP contribution in [0.3, 0.4) is 0 Å². The fourth-order valence-electron chi connectivity index (χ4n) is 2.08. The molecule has 0 saturated carbocycles. The molecule has 0 radical (unpaired) electrons. The van der Waals surface area contributed by atoms with Gasteiger partial charge in [-0.05, 0) is 43.2 Å². The number of halogens is 1. The Morgan fingerprint density at radius 1 is 1.10 bits per heavy atom. The summed E-state index contributed by atoms with van der Waals surface area (Å²) in [5.41, 5.74) is 3.03. The number of hydrogen-bond donors (Lipinski definition) is 2. The van der Waals surface area contributed by atoms with E-state index >= 15 is 0 Å². The van der Waals surface area contributed by atoms with Gasteiger partial charge in [-0.3, -0.25) is 0 Å². The van der Waals surface area contributed by atoms with Crippen LogP contribution in [0, 0.1) is 6.92 Å². The average molecular weight is 303 g/mol. The van der Waals surface area contributed by atoms with E-state index in [1.807, 2.05) is 26.0 Å². The summed E-state index contributed by atoms with van der Waals surface area (Å²) in [6.45, 7) is 4.10. The van der Waals surface area contributed by atoms with Crippen LogP contribution in [0.4, 0.5) is 10.5 Å². The Bertz CT molecular complexity index is 593. The van der Waals surface area contributed by atoms with Gasteiger partial charge in [-0.1, -0.05) is 48.4 Å². The summed E-state index contributed by atoms with van der Waals surface area (Å²) in [5, 5.41) is 6.43. The highest BCUT2D eigenvalue weighted by molar-refractivity contribution is 6.30. The first kappa shape index (κ1) is 15.4. The molecule has 0 aliphatic heterocycles. The van der Waals surface area contributed by atoms with Gasteiger partial charge < -0.3 is 10.6 Å². The largest absolute Gasteiger partial charge is 0.331 e. The molecule has 2 aromatic carbocycles. The maximum Gasteiger partial charge on any atom is 0.319 e. The molecule has 2 aromatic rings. The van der Waals surface area contributed by atoms with Crippen molar-refractivity contribution >= 4 is 23.3 Å².